The third-order valence-corrected chi connectivity index (χ3v) is 3.05. The Morgan fingerprint density at radius 3 is 2.84 bits per heavy atom. The number of ether oxygens (including phenoxy) is 1. The van der Waals surface area contributed by atoms with E-state index >= 15 is 0 Å². The van der Waals surface area contributed by atoms with Gasteiger partial charge in [-0.3, -0.25) is 9.89 Å². The third kappa shape index (κ3) is 2.76. The monoisotopic (exact) mass is 260 g/mol. The first-order valence-corrected chi connectivity index (χ1v) is 6.02. The van der Waals surface area contributed by atoms with E-state index in [4.69, 9.17) is 9.84 Å². The van der Waals surface area contributed by atoms with Gasteiger partial charge >= 0.3 is 5.97 Å². The van der Waals surface area contributed by atoms with Gasteiger partial charge in [-0.1, -0.05) is 25.1 Å². The fraction of sp³-hybridized carbons (Fsp3) is 0.286. The summed E-state index contributed by atoms with van der Waals surface area (Å²) in [6.07, 6.45) is 2.10. The van der Waals surface area contributed by atoms with Crippen LogP contribution in [-0.4, -0.2) is 28.4 Å². The van der Waals surface area contributed by atoms with Crippen LogP contribution in [0.15, 0.2) is 30.5 Å². The molecule has 5 heteroatoms. The summed E-state index contributed by atoms with van der Waals surface area (Å²) in [7, 11) is 1.61. The molecule has 0 saturated heterocycles. The fourth-order valence-corrected chi connectivity index (χ4v) is 1.96. The highest BCUT2D eigenvalue weighted by Gasteiger charge is 2.17. The van der Waals surface area contributed by atoms with Gasteiger partial charge in [0.2, 0.25) is 0 Å². The Hall–Kier alpha value is -2.30. The molecule has 0 aliphatic heterocycles. The van der Waals surface area contributed by atoms with Gasteiger partial charge in [-0.15, -0.1) is 0 Å². The molecule has 19 heavy (non-hydrogen) atoms. The number of aliphatic carboxylic acids is 1. The maximum absolute atomic E-state index is 10.9. The van der Waals surface area contributed by atoms with Crippen molar-refractivity contribution in [3.05, 3.63) is 36.2 Å². The Morgan fingerprint density at radius 2 is 2.16 bits per heavy atom. The van der Waals surface area contributed by atoms with Gasteiger partial charge in [0, 0.05) is 23.2 Å². The largest absolute Gasteiger partial charge is 0.496 e. The van der Waals surface area contributed by atoms with E-state index in [-0.39, 0.29) is 0 Å². The van der Waals surface area contributed by atoms with Crippen LogP contribution in [0.1, 0.15) is 12.6 Å². The Bertz CT molecular complexity index is 578. The molecular formula is C14H16N2O3. The molecule has 5 nitrogen and oxygen atoms in total. The van der Waals surface area contributed by atoms with Crippen molar-refractivity contribution in [1.82, 2.24) is 10.2 Å². The standard InChI is InChI=1S/C14H16N2O3/c1-9(14(17)18)7-12-11(8-15-16-12)10-5-3-4-6-13(10)19-2/h3-6,8-9H,7H2,1-2H3,(H,15,16)(H,17,18). The second kappa shape index (κ2) is 5.56. The predicted octanol–water partition coefficient (Wildman–Crippen LogP) is 2.35. The molecule has 0 bridgehead atoms. The lowest BCUT2D eigenvalue weighted by Crippen LogP contribution is -2.13. The van der Waals surface area contributed by atoms with E-state index in [2.05, 4.69) is 10.2 Å². The minimum Gasteiger partial charge on any atom is -0.496 e. The summed E-state index contributed by atoms with van der Waals surface area (Å²) in [5.74, 6) is -0.539. The lowest BCUT2D eigenvalue weighted by atomic mass is 9.99. The molecule has 1 atom stereocenters. The van der Waals surface area contributed by atoms with Gasteiger partial charge in [-0.2, -0.15) is 5.10 Å². The van der Waals surface area contributed by atoms with Crippen LogP contribution in [-0.2, 0) is 11.2 Å². The van der Waals surface area contributed by atoms with E-state index in [9.17, 15) is 4.79 Å². The molecule has 0 radical (unpaired) electrons. The van der Waals surface area contributed by atoms with Crippen LogP contribution >= 0.6 is 0 Å². The van der Waals surface area contributed by atoms with Crippen molar-refractivity contribution >= 4 is 5.97 Å². The van der Waals surface area contributed by atoms with Crippen LogP contribution in [0.25, 0.3) is 11.1 Å². The number of rotatable bonds is 5. The van der Waals surface area contributed by atoms with Crippen molar-refractivity contribution in [2.45, 2.75) is 13.3 Å². The molecule has 1 aromatic heterocycles. The topological polar surface area (TPSA) is 75.2 Å². The van der Waals surface area contributed by atoms with Crippen molar-refractivity contribution in [2.75, 3.05) is 7.11 Å². The summed E-state index contributed by atoms with van der Waals surface area (Å²) in [4.78, 5) is 10.9. The van der Waals surface area contributed by atoms with Crippen molar-refractivity contribution in [1.29, 1.82) is 0 Å². The number of para-hydroxylation sites is 1. The minimum atomic E-state index is -0.819. The van der Waals surface area contributed by atoms with E-state index in [1.165, 1.54) is 0 Å². The molecule has 0 amide bonds. The van der Waals surface area contributed by atoms with E-state index in [1.807, 2.05) is 24.3 Å². The maximum atomic E-state index is 10.9. The second-order valence-electron chi connectivity index (χ2n) is 4.41. The SMILES string of the molecule is COc1ccccc1-c1cn[nH]c1CC(C)C(=O)O. The van der Waals surface area contributed by atoms with Gasteiger partial charge in [0.15, 0.2) is 0 Å². The van der Waals surface area contributed by atoms with Crippen molar-refractivity contribution in [3.63, 3.8) is 0 Å². The summed E-state index contributed by atoms with van der Waals surface area (Å²) in [6, 6.07) is 7.60. The second-order valence-corrected chi connectivity index (χ2v) is 4.41. The van der Waals surface area contributed by atoms with Crippen LogP contribution in [0.5, 0.6) is 5.75 Å². The number of benzene rings is 1. The maximum Gasteiger partial charge on any atom is 0.306 e. The number of H-pyrrole nitrogens is 1. The first-order chi connectivity index (χ1) is 9.13. The Balaban J connectivity index is 2.36. The first-order valence-electron chi connectivity index (χ1n) is 6.02. The van der Waals surface area contributed by atoms with Crippen molar-refractivity contribution in [2.24, 2.45) is 5.92 Å². The van der Waals surface area contributed by atoms with Crippen molar-refractivity contribution in [3.8, 4) is 16.9 Å². The number of carbonyl (C=O) groups is 1. The highest BCUT2D eigenvalue weighted by Crippen LogP contribution is 2.31. The number of hydrogen-bond acceptors (Lipinski definition) is 3. The van der Waals surface area contributed by atoms with Gasteiger partial charge < -0.3 is 9.84 Å². The third-order valence-electron chi connectivity index (χ3n) is 3.05. The highest BCUT2D eigenvalue weighted by atomic mass is 16.5. The quantitative estimate of drug-likeness (QED) is 0.865. The number of carboxylic acid groups (broad SMARTS) is 1. The summed E-state index contributed by atoms with van der Waals surface area (Å²) >= 11 is 0. The Morgan fingerprint density at radius 1 is 1.42 bits per heavy atom. The van der Waals surface area contributed by atoms with Crippen LogP contribution in [0.2, 0.25) is 0 Å². The molecule has 0 saturated carbocycles. The van der Waals surface area contributed by atoms with Crippen LogP contribution in [0.4, 0.5) is 0 Å². The van der Waals surface area contributed by atoms with E-state index in [1.54, 1.807) is 20.2 Å². The number of nitrogens with zero attached hydrogens (tertiary/aromatic N) is 1. The molecule has 100 valence electrons. The van der Waals surface area contributed by atoms with Crippen molar-refractivity contribution < 1.29 is 14.6 Å². The molecule has 1 aromatic carbocycles. The average Bonchev–Trinajstić information content (AvgIpc) is 2.86. The number of aromatic amines is 1. The first kappa shape index (κ1) is 13.1. The molecule has 1 unspecified atom stereocenters. The molecule has 2 aromatic rings. The van der Waals surface area contributed by atoms with E-state index < -0.39 is 11.9 Å². The normalized spacial score (nSPS) is 12.1. The number of carboxylic acids is 1. The van der Waals surface area contributed by atoms with Gasteiger partial charge in [-0.05, 0) is 6.07 Å². The molecule has 0 aliphatic carbocycles. The van der Waals surface area contributed by atoms with Gasteiger partial charge in [0.1, 0.15) is 5.75 Å². The van der Waals surface area contributed by atoms with E-state index in [0.29, 0.717) is 6.42 Å². The lowest BCUT2D eigenvalue weighted by Gasteiger charge is -2.10. The summed E-state index contributed by atoms with van der Waals surface area (Å²) < 4.78 is 5.32. The molecule has 0 fully saturated rings. The van der Waals surface area contributed by atoms with Crippen LogP contribution in [0, 0.1) is 5.92 Å². The summed E-state index contributed by atoms with van der Waals surface area (Å²) in [6.45, 7) is 1.68. The number of hydrogen-bond donors (Lipinski definition) is 2. The number of methoxy groups -OCH3 is 1. The number of aromatic nitrogens is 2. The highest BCUT2D eigenvalue weighted by molar-refractivity contribution is 5.74. The molecule has 0 spiro atoms. The summed E-state index contributed by atoms with van der Waals surface area (Å²) in [5.41, 5.74) is 2.59. The molecule has 2 rings (SSSR count). The van der Waals surface area contributed by atoms with Crippen LogP contribution < -0.4 is 4.74 Å². The molecule has 1 heterocycles. The number of nitrogens with one attached hydrogen (secondary N) is 1. The zero-order valence-corrected chi connectivity index (χ0v) is 10.9. The summed E-state index contributed by atoms with van der Waals surface area (Å²) in [5, 5.41) is 15.9. The van der Waals surface area contributed by atoms with Gasteiger partial charge in [-0.25, -0.2) is 0 Å². The molecular weight excluding hydrogens is 244 g/mol. The lowest BCUT2D eigenvalue weighted by molar-refractivity contribution is -0.141. The minimum absolute atomic E-state index is 0.405. The predicted molar refractivity (Wildman–Crippen MR) is 71.1 cm³/mol. The Kier molecular flexibility index (Phi) is 3.85. The van der Waals surface area contributed by atoms with E-state index in [0.717, 1.165) is 22.6 Å². The molecule has 2 N–H and O–H groups in total. The van der Waals surface area contributed by atoms with Gasteiger partial charge in [0.05, 0.1) is 19.2 Å². The smallest absolute Gasteiger partial charge is 0.306 e. The zero-order chi connectivity index (χ0) is 13.8. The van der Waals surface area contributed by atoms with Gasteiger partial charge in [0.25, 0.3) is 0 Å². The zero-order valence-electron chi connectivity index (χ0n) is 10.9. The molecule has 0 aliphatic rings. The fourth-order valence-electron chi connectivity index (χ4n) is 1.96. The Labute approximate surface area is 111 Å². The average molecular weight is 260 g/mol. The van der Waals surface area contributed by atoms with Crippen LogP contribution in [0.3, 0.4) is 0 Å².